The second kappa shape index (κ2) is 4.31. The van der Waals surface area contributed by atoms with Gasteiger partial charge >= 0.3 is 5.97 Å². The minimum Gasteiger partial charge on any atom is -0.422 e. The van der Waals surface area contributed by atoms with E-state index in [1.54, 1.807) is 18.2 Å². The van der Waals surface area contributed by atoms with Crippen LogP contribution in [0, 0.1) is 0 Å². The Balaban J connectivity index is 2.08. The summed E-state index contributed by atoms with van der Waals surface area (Å²) in [4.78, 5) is 11.7. The van der Waals surface area contributed by atoms with Gasteiger partial charge in [-0.25, -0.2) is 4.79 Å². The molecule has 2 aromatic carbocycles. The Hall–Kier alpha value is -2.06. The van der Waals surface area contributed by atoms with Gasteiger partial charge in [0, 0.05) is 10.6 Å². The van der Waals surface area contributed by atoms with Crippen molar-refractivity contribution in [2.24, 2.45) is 0 Å². The second-order valence-electron chi connectivity index (χ2n) is 4.00. The number of carbonyl (C=O) groups is 1. The molecule has 0 N–H and O–H groups in total. The van der Waals surface area contributed by atoms with Crippen LogP contribution in [0.1, 0.15) is 21.5 Å². The molecule has 0 fully saturated rings. The van der Waals surface area contributed by atoms with Crippen LogP contribution in [0.2, 0.25) is 5.02 Å². The molecule has 1 heterocycles. The minimum absolute atomic E-state index is 0.352. The van der Waals surface area contributed by atoms with Gasteiger partial charge in [0.15, 0.2) is 0 Å². The highest BCUT2D eigenvalue weighted by Gasteiger charge is 2.26. The lowest BCUT2D eigenvalue weighted by Gasteiger charge is -1.98. The third kappa shape index (κ3) is 1.91. The smallest absolute Gasteiger partial charge is 0.344 e. The Bertz CT molecular complexity index is 645. The summed E-state index contributed by atoms with van der Waals surface area (Å²) in [5, 5.41) is 0.534. The van der Waals surface area contributed by atoms with E-state index in [4.69, 9.17) is 16.3 Å². The highest BCUT2D eigenvalue weighted by molar-refractivity contribution is 6.31. The van der Waals surface area contributed by atoms with E-state index in [1.807, 2.05) is 36.4 Å². The molecule has 1 aliphatic heterocycles. The zero-order valence-corrected chi connectivity index (χ0v) is 10.1. The van der Waals surface area contributed by atoms with Gasteiger partial charge in [-0.15, -0.1) is 0 Å². The molecule has 0 aliphatic carbocycles. The summed E-state index contributed by atoms with van der Waals surface area (Å²) in [5.41, 5.74) is 2.29. The van der Waals surface area contributed by atoms with Crippen molar-refractivity contribution >= 4 is 29.4 Å². The second-order valence-corrected chi connectivity index (χ2v) is 4.44. The Morgan fingerprint density at radius 3 is 2.56 bits per heavy atom. The maximum absolute atomic E-state index is 11.7. The molecule has 2 nitrogen and oxygen atoms in total. The number of cyclic esters (lactones) is 1. The largest absolute Gasteiger partial charge is 0.422 e. The molecular weight excluding hydrogens is 248 g/mol. The van der Waals surface area contributed by atoms with Gasteiger partial charge in [-0.2, -0.15) is 0 Å². The van der Waals surface area contributed by atoms with Crippen LogP contribution in [0.15, 0.2) is 48.5 Å². The Labute approximate surface area is 109 Å². The first kappa shape index (κ1) is 11.1. The maximum Gasteiger partial charge on any atom is 0.344 e. The molecule has 0 unspecified atom stereocenters. The number of halogens is 1. The van der Waals surface area contributed by atoms with Gasteiger partial charge in [-0.3, -0.25) is 0 Å². The molecule has 0 saturated heterocycles. The van der Waals surface area contributed by atoms with Gasteiger partial charge < -0.3 is 4.74 Å². The van der Waals surface area contributed by atoms with E-state index in [0.29, 0.717) is 16.3 Å². The summed E-state index contributed by atoms with van der Waals surface area (Å²) < 4.78 is 5.25. The normalized spacial score (nSPS) is 15.6. The van der Waals surface area contributed by atoms with E-state index >= 15 is 0 Å². The molecule has 0 amide bonds. The van der Waals surface area contributed by atoms with Crippen molar-refractivity contribution in [2.45, 2.75) is 0 Å². The Morgan fingerprint density at radius 1 is 1.00 bits per heavy atom. The van der Waals surface area contributed by atoms with Gasteiger partial charge in [0.25, 0.3) is 0 Å². The van der Waals surface area contributed by atoms with Crippen molar-refractivity contribution in [1.82, 2.24) is 0 Å². The number of rotatable bonds is 1. The number of hydrogen-bond donors (Lipinski definition) is 0. The predicted molar refractivity (Wildman–Crippen MR) is 71.2 cm³/mol. The average molecular weight is 257 g/mol. The molecular formula is C15H9ClO2. The quantitative estimate of drug-likeness (QED) is 0.721. The number of benzene rings is 2. The first-order chi connectivity index (χ1) is 8.74. The van der Waals surface area contributed by atoms with Crippen LogP contribution < -0.4 is 0 Å². The van der Waals surface area contributed by atoms with Gasteiger partial charge in [0.05, 0.1) is 5.56 Å². The van der Waals surface area contributed by atoms with Crippen LogP contribution in [-0.2, 0) is 4.74 Å². The van der Waals surface area contributed by atoms with Crippen molar-refractivity contribution in [3.05, 3.63) is 70.2 Å². The fourth-order valence-corrected chi connectivity index (χ4v) is 2.09. The highest BCUT2D eigenvalue weighted by atomic mass is 35.5. The van der Waals surface area contributed by atoms with Crippen molar-refractivity contribution in [2.75, 3.05) is 0 Å². The SMILES string of the molecule is O=C1O/C(=C\c2ccccc2)c2ccc(Cl)cc21. The lowest BCUT2D eigenvalue weighted by atomic mass is 10.1. The molecule has 1 aliphatic rings. The van der Waals surface area contributed by atoms with Crippen molar-refractivity contribution in [3.8, 4) is 0 Å². The minimum atomic E-state index is -0.352. The summed E-state index contributed by atoms with van der Waals surface area (Å²) in [6, 6.07) is 14.9. The fourth-order valence-electron chi connectivity index (χ4n) is 1.92. The third-order valence-corrected chi connectivity index (χ3v) is 3.00. The van der Waals surface area contributed by atoms with Crippen LogP contribution in [0.25, 0.3) is 11.8 Å². The van der Waals surface area contributed by atoms with Crippen LogP contribution in [-0.4, -0.2) is 5.97 Å². The number of carbonyl (C=O) groups excluding carboxylic acids is 1. The van der Waals surface area contributed by atoms with Crippen molar-refractivity contribution in [3.63, 3.8) is 0 Å². The van der Waals surface area contributed by atoms with Gasteiger partial charge in [0.1, 0.15) is 5.76 Å². The molecule has 0 radical (unpaired) electrons. The summed E-state index contributed by atoms with van der Waals surface area (Å²) in [6.45, 7) is 0. The lowest BCUT2D eigenvalue weighted by Crippen LogP contribution is -1.92. The zero-order valence-electron chi connectivity index (χ0n) is 9.39. The molecule has 0 atom stereocenters. The summed E-state index contributed by atoms with van der Waals surface area (Å²) in [7, 11) is 0. The first-order valence-corrected chi connectivity index (χ1v) is 5.91. The monoisotopic (exact) mass is 256 g/mol. The lowest BCUT2D eigenvalue weighted by molar-refractivity contribution is 0.0717. The number of hydrogen-bond acceptors (Lipinski definition) is 2. The van der Waals surface area contributed by atoms with Crippen LogP contribution in [0.5, 0.6) is 0 Å². The molecule has 3 rings (SSSR count). The Morgan fingerprint density at radius 2 is 1.78 bits per heavy atom. The van der Waals surface area contributed by atoms with Crippen LogP contribution >= 0.6 is 11.6 Å². The summed E-state index contributed by atoms with van der Waals surface area (Å²) in [6.07, 6.45) is 1.84. The van der Waals surface area contributed by atoms with E-state index in [9.17, 15) is 4.79 Å². The van der Waals surface area contributed by atoms with Gasteiger partial charge in [-0.1, -0.05) is 41.9 Å². The third-order valence-electron chi connectivity index (χ3n) is 2.77. The first-order valence-electron chi connectivity index (χ1n) is 5.53. The molecule has 0 bridgehead atoms. The van der Waals surface area contributed by atoms with E-state index in [1.165, 1.54) is 0 Å². The highest BCUT2D eigenvalue weighted by Crippen LogP contribution is 2.32. The van der Waals surface area contributed by atoms with E-state index in [-0.39, 0.29) is 5.97 Å². The van der Waals surface area contributed by atoms with Crippen molar-refractivity contribution in [1.29, 1.82) is 0 Å². The van der Waals surface area contributed by atoms with E-state index in [0.717, 1.165) is 11.1 Å². The standard InChI is InChI=1S/C15H9ClO2/c16-11-6-7-12-13(9-11)15(17)18-14(12)8-10-4-2-1-3-5-10/h1-9H/b14-8-. The number of ether oxygens (including phenoxy) is 1. The number of fused-ring (bicyclic) bond motifs is 1. The molecule has 18 heavy (non-hydrogen) atoms. The Kier molecular flexibility index (Phi) is 2.65. The predicted octanol–water partition coefficient (Wildman–Crippen LogP) is 4.01. The maximum atomic E-state index is 11.7. The summed E-state index contributed by atoms with van der Waals surface area (Å²) in [5.74, 6) is 0.215. The van der Waals surface area contributed by atoms with Gasteiger partial charge in [-0.05, 0) is 29.8 Å². The molecule has 0 spiro atoms. The molecule has 0 aromatic heterocycles. The van der Waals surface area contributed by atoms with E-state index < -0.39 is 0 Å². The van der Waals surface area contributed by atoms with Gasteiger partial charge in [0.2, 0.25) is 0 Å². The summed E-state index contributed by atoms with van der Waals surface area (Å²) >= 11 is 5.87. The average Bonchev–Trinajstić information content (AvgIpc) is 2.67. The molecule has 0 saturated carbocycles. The topological polar surface area (TPSA) is 26.3 Å². The van der Waals surface area contributed by atoms with Crippen molar-refractivity contribution < 1.29 is 9.53 Å². The molecule has 3 heteroatoms. The van der Waals surface area contributed by atoms with Crippen LogP contribution in [0.4, 0.5) is 0 Å². The zero-order chi connectivity index (χ0) is 12.5. The molecule has 2 aromatic rings. The number of esters is 1. The molecule has 88 valence electrons. The van der Waals surface area contributed by atoms with Crippen LogP contribution in [0.3, 0.4) is 0 Å². The van der Waals surface area contributed by atoms with E-state index in [2.05, 4.69) is 0 Å². The fraction of sp³-hybridized carbons (Fsp3) is 0.